The molecule has 196 valence electrons. The molecule has 0 aliphatic rings. The number of aryl methyl sites for hydroxylation is 2. The highest BCUT2D eigenvalue weighted by molar-refractivity contribution is 9.10. The predicted molar refractivity (Wildman–Crippen MR) is 139 cm³/mol. The normalized spacial score (nSPS) is 10.7. The zero-order valence-corrected chi connectivity index (χ0v) is 22.1. The number of methoxy groups -OCH3 is 1. The lowest BCUT2D eigenvalue weighted by molar-refractivity contribution is 0.0937. The van der Waals surface area contributed by atoms with Crippen molar-refractivity contribution in [1.82, 2.24) is 15.2 Å². The summed E-state index contributed by atoms with van der Waals surface area (Å²) in [5.74, 6) is -0.516. The fourth-order valence-electron chi connectivity index (χ4n) is 3.67. The Morgan fingerprint density at radius 3 is 2.54 bits per heavy atom. The third-order valence-electron chi connectivity index (χ3n) is 5.59. The number of benzene rings is 2. The first-order valence-electron chi connectivity index (χ1n) is 11.3. The molecule has 0 aliphatic carbocycles. The summed E-state index contributed by atoms with van der Waals surface area (Å²) >= 11 is 3.33. The molecule has 9 nitrogen and oxygen atoms in total. The minimum Gasteiger partial charge on any atom is -0.487 e. The Balaban J connectivity index is 1.89. The number of hydrogen-bond donors (Lipinski definition) is 3. The maximum Gasteiger partial charge on any atom is 0.404 e. The number of carbonyl (C=O) groups excluding carboxylic acids is 1. The molecule has 0 spiro atoms. The Kier molecular flexibility index (Phi) is 9.42. The van der Waals surface area contributed by atoms with Crippen molar-refractivity contribution >= 4 is 27.9 Å². The topological polar surface area (TPSA) is 119 Å². The van der Waals surface area contributed by atoms with Gasteiger partial charge in [0.2, 0.25) is 0 Å². The lowest BCUT2D eigenvalue weighted by atomic mass is 10.1. The van der Waals surface area contributed by atoms with Crippen LogP contribution in [0, 0.1) is 19.7 Å². The maximum absolute atomic E-state index is 13.7. The second-order valence-electron chi connectivity index (χ2n) is 8.21. The van der Waals surface area contributed by atoms with Gasteiger partial charge in [-0.25, -0.2) is 9.18 Å². The quantitative estimate of drug-likeness (QED) is 0.313. The van der Waals surface area contributed by atoms with Crippen molar-refractivity contribution in [2.75, 3.05) is 20.3 Å². The Hall–Kier alpha value is -3.70. The average molecular weight is 576 g/mol. The summed E-state index contributed by atoms with van der Waals surface area (Å²) in [6.45, 7) is 4.21. The van der Waals surface area contributed by atoms with Crippen molar-refractivity contribution in [3.8, 4) is 11.4 Å². The first kappa shape index (κ1) is 27.9. The summed E-state index contributed by atoms with van der Waals surface area (Å²) in [5.41, 5.74) is 2.90. The number of carbonyl (C=O) groups is 2. The Morgan fingerprint density at radius 1 is 1.08 bits per heavy atom. The third kappa shape index (κ3) is 6.95. The van der Waals surface area contributed by atoms with E-state index >= 15 is 0 Å². The van der Waals surface area contributed by atoms with Crippen LogP contribution in [-0.4, -0.2) is 41.9 Å². The van der Waals surface area contributed by atoms with E-state index in [1.807, 2.05) is 6.92 Å². The molecular formula is C26H27BrFN3O6. The van der Waals surface area contributed by atoms with Gasteiger partial charge in [0, 0.05) is 37.5 Å². The van der Waals surface area contributed by atoms with Crippen molar-refractivity contribution in [3.05, 3.63) is 91.1 Å². The first-order valence-corrected chi connectivity index (χ1v) is 12.1. The highest BCUT2D eigenvalue weighted by Gasteiger charge is 2.17. The van der Waals surface area contributed by atoms with Gasteiger partial charge in [0.25, 0.3) is 11.5 Å². The van der Waals surface area contributed by atoms with Gasteiger partial charge in [-0.3, -0.25) is 14.2 Å². The molecular weight excluding hydrogens is 549 g/mol. The van der Waals surface area contributed by atoms with E-state index < -0.39 is 11.9 Å². The molecule has 0 aliphatic heterocycles. The highest BCUT2D eigenvalue weighted by atomic mass is 79.9. The average Bonchev–Trinajstić information content (AvgIpc) is 2.86. The molecule has 0 atom stereocenters. The van der Waals surface area contributed by atoms with Crippen LogP contribution in [0.15, 0.2) is 51.7 Å². The van der Waals surface area contributed by atoms with Gasteiger partial charge >= 0.3 is 6.09 Å². The van der Waals surface area contributed by atoms with Crippen LogP contribution in [0.25, 0.3) is 5.69 Å². The van der Waals surface area contributed by atoms with E-state index in [-0.39, 0.29) is 34.8 Å². The van der Waals surface area contributed by atoms with Gasteiger partial charge in [-0.1, -0.05) is 12.1 Å². The van der Waals surface area contributed by atoms with Crippen molar-refractivity contribution in [1.29, 1.82) is 0 Å². The lowest BCUT2D eigenvalue weighted by Gasteiger charge is -2.18. The summed E-state index contributed by atoms with van der Waals surface area (Å²) in [7, 11) is 1.55. The summed E-state index contributed by atoms with van der Waals surface area (Å²) < 4.78 is 26.2. The monoisotopic (exact) mass is 575 g/mol. The zero-order valence-electron chi connectivity index (χ0n) is 20.6. The second kappa shape index (κ2) is 12.5. The minimum atomic E-state index is -1.23. The van der Waals surface area contributed by atoms with Crippen LogP contribution in [0.3, 0.4) is 0 Å². The van der Waals surface area contributed by atoms with Crippen LogP contribution in [-0.2, 0) is 17.9 Å². The minimum absolute atomic E-state index is 0.0193. The molecule has 2 aromatic carbocycles. The number of halogens is 2. The van der Waals surface area contributed by atoms with Gasteiger partial charge in [0.1, 0.15) is 22.6 Å². The molecule has 1 aromatic heterocycles. The molecule has 0 saturated carbocycles. The smallest absolute Gasteiger partial charge is 0.404 e. The van der Waals surface area contributed by atoms with Crippen LogP contribution in [0.4, 0.5) is 9.18 Å². The first-order chi connectivity index (χ1) is 17.6. The molecule has 0 radical (unpaired) electrons. The molecule has 1 heterocycles. The van der Waals surface area contributed by atoms with Gasteiger partial charge in [-0.05, 0) is 70.7 Å². The van der Waals surface area contributed by atoms with Crippen LogP contribution in [0.5, 0.6) is 5.75 Å². The van der Waals surface area contributed by atoms with E-state index in [4.69, 9.17) is 14.6 Å². The van der Waals surface area contributed by atoms with Crippen LogP contribution >= 0.6 is 15.9 Å². The molecule has 11 heteroatoms. The molecule has 37 heavy (non-hydrogen) atoms. The van der Waals surface area contributed by atoms with Crippen LogP contribution < -0.4 is 20.9 Å². The molecule has 3 rings (SSSR count). The number of aromatic nitrogens is 1. The molecule has 3 N–H and O–H groups in total. The molecule has 0 saturated heterocycles. The number of carboxylic acid groups (broad SMARTS) is 1. The van der Waals surface area contributed by atoms with Gasteiger partial charge < -0.3 is 25.2 Å². The predicted octanol–water partition coefficient (Wildman–Crippen LogP) is 4.08. The van der Waals surface area contributed by atoms with E-state index in [0.717, 1.165) is 5.56 Å². The van der Waals surface area contributed by atoms with Crippen molar-refractivity contribution < 1.29 is 28.6 Å². The van der Waals surface area contributed by atoms with E-state index in [0.29, 0.717) is 41.2 Å². The number of ether oxygens (including phenoxy) is 2. The number of nitrogens with one attached hydrogen (secondary N) is 2. The summed E-state index contributed by atoms with van der Waals surface area (Å²) in [5, 5.41) is 13.8. The number of hydrogen-bond acceptors (Lipinski definition) is 5. The van der Waals surface area contributed by atoms with E-state index in [2.05, 4.69) is 26.6 Å². The zero-order chi connectivity index (χ0) is 27.1. The Morgan fingerprint density at radius 2 is 1.84 bits per heavy atom. The van der Waals surface area contributed by atoms with Crippen molar-refractivity contribution in [2.24, 2.45) is 0 Å². The summed E-state index contributed by atoms with van der Waals surface area (Å²) in [6.07, 6.45) is -1.23. The van der Waals surface area contributed by atoms with E-state index in [1.54, 1.807) is 38.3 Å². The third-order valence-corrected chi connectivity index (χ3v) is 6.32. The second-order valence-corrected chi connectivity index (χ2v) is 9.01. The van der Waals surface area contributed by atoms with E-state index in [1.165, 1.54) is 22.8 Å². The SMILES string of the molecule is COCCNC(=O)c1ccc(C)c(-n2c(C)cc(OCc3ccc(F)cc3CNC(=O)O)c(Br)c2=O)c1. The van der Waals surface area contributed by atoms with Crippen LogP contribution in [0.1, 0.15) is 32.7 Å². The summed E-state index contributed by atoms with van der Waals surface area (Å²) in [6, 6.07) is 10.8. The Bertz CT molecular complexity index is 1380. The standard InChI is InChI=1S/C26H27BrFN3O6/c1-15-4-5-17(24(32)29-8-9-36-3)12-21(15)31-16(2)10-22(23(27)25(31)33)37-14-18-6-7-20(28)11-19(18)13-30-26(34)35/h4-7,10-12,30H,8-9,13-14H2,1-3H3,(H,29,32)(H,34,35). The highest BCUT2D eigenvalue weighted by Crippen LogP contribution is 2.27. The molecule has 0 bridgehead atoms. The van der Waals surface area contributed by atoms with Gasteiger partial charge in [0.15, 0.2) is 0 Å². The molecule has 0 fully saturated rings. The maximum atomic E-state index is 13.7. The van der Waals surface area contributed by atoms with Gasteiger partial charge in [-0.2, -0.15) is 0 Å². The van der Waals surface area contributed by atoms with Gasteiger partial charge in [0.05, 0.1) is 12.3 Å². The number of rotatable bonds is 10. The van der Waals surface area contributed by atoms with E-state index in [9.17, 15) is 18.8 Å². The van der Waals surface area contributed by atoms with Crippen molar-refractivity contribution in [2.45, 2.75) is 27.0 Å². The molecule has 0 unspecified atom stereocenters. The lowest BCUT2D eigenvalue weighted by Crippen LogP contribution is -2.28. The fraction of sp³-hybridized carbons (Fsp3) is 0.269. The van der Waals surface area contributed by atoms with Crippen molar-refractivity contribution in [3.63, 3.8) is 0 Å². The number of amides is 2. The number of pyridine rings is 1. The Labute approximate surface area is 221 Å². The molecule has 2 amide bonds. The summed E-state index contributed by atoms with van der Waals surface area (Å²) in [4.78, 5) is 36.7. The fourth-order valence-corrected chi connectivity index (χ4v) is 4.08. The number of nitrogens with zero attached hydrogens (tertiary/aromatic N) is 1. The van der Waals surface area contributed by atoms with Crippen LogP contribution in [0.2, 0.25) is 0 Å². The molecule has 3 aromatic rings. The van der Waals surface area contributed by atoms with Gasteiger partial charge in [-0.15, -0.1) is 0 Å². The largest absolute Gasteiger partial charge is 0.487 e.